The minimum Gasteiger partial charge on any atom is -0.480 e. The third-order valence-electron chi connectivity index (χ3n) is 1.90. The second-order valence-electron chi connectivity index (χ2n) is 3.07. The van der Waals surface area contributed by atoms with Crippen molar-refractivity contribution in [2.75, 3.05) is 0 Å². The number of aliphatic carboxylic acids is 1. The van der Waals surface area contributed by atoms with Gasteiger partial charge in [-0.25, -0.2) is 4.39 Å². The maximum absolute atomic E-state index is 12.5. The first-order chi connectivity index (χ1) is 6.59. The van der Waals surface area contributed by atoms with Gasteiger partial charge in [0.25, 0.3) is 0 Å². The van der Waals surface area contributed by atoms with Crippen LogP contribution < -0.4 is 5.32 Å². The molecular weight excluding hydrogens is 185 g/mol. The Morgan fingerprint density at radius 1 is 1.50 bits per heavy atom. The third-order valence-corrected chi connectivity index (χ3v) is 1.90. The Balaban J connectivity index is 2.46. The molecule has 0 bridgehead atoms. The van der Waals surface area contributed by atoms with E-state index in [-0.39, 0.29) is 5.82 Å². The number of carboxylic acids is 1. The van der Waals surface area contributed by atoms with Crippen LogP contribution in [0.5, 0.6) is 0 Å². The molecule has 1 unspecified atom stereocenters. The zero-order chi connectivity index (χ0) is 10.6. The zero-order valence-electron chi connectivity index (χ0n) is 7.83. The van der Waals surface area contributed by atoms with Crippen LogP contribution in [-0.4, -0.2) is 17.1 Å². The van der Waals surface area contributed by atoms with Gasteiger partial charge >= 0.3 is 5.97 Å². The Bertz CT molecular complexity index is 310. The highest BCUT2D eigenvalue weighted by atomic mass is 19.1. The number of halogens is 1. The Kier molecular flexibility index (Phi) is 3.59. The molecule has 14 heavy (non-hydrogen) atoms. The smallest absolute Gasteiger partial charge is 0.320 e. The van der Waals surface area contributed by atoms with Gasteiger partial charge in [-0.3, -0.25) is 4.79 Å². The lowest BCUT2D eigenvalue weighted by Crippen LogP contribution is -2.33. The summed E-state index contributed by atoms with van der Waals surface area (Å²) in [7, 11) is 0. The van der Waals surface area contributed by atoms with Gasteiger partial charge < -0.3 is 10.4 Å². The average molecular weight is 197 g/mol. The van der Waals surface area contributed by atoms with Crippen molar-refractivity contribution in [1.82, 2.24) is 5.32 Å². The van der Waals surface area contributed by atoms with E-state index in [0.29, 0.717) is 6.54 Å². The Labute approximate surface area is 81.6 Å². The number of benzene rings is 1. The summed E-state index contributed by atoms with van der Waals surface area (Å²) in [6, 6.07) is 5.35. The molecule has 1 rings (SSSR count). The fraction of sp³-hybridized carbons (Fsp3) is 0.300. The largest absolute Gasteiger partial charge is 0.480 e. The molecule has 1 aromatic rings. The van der Waals surface area contributed by atoms with Crippen molar-refractivity contribution in [2.45, 2.75) is 19.5 Å². The van der Waals surface area contributed by atoms with Crippen LogP contribution in [0.4, 0.5) is 4.39 Å². The summed E-state index contributed by atoms with van der Waals surface area (Å²) in [6.07, 6.45) is 0. The van der Waals surface area contributed by atoms with Gasteiger partial charge in [-0.2, -0.15) is 0 Å². The fourth-order valence-electron chi connectivity index (χ4n) is 0.961. The van der Waals surface area contributed by atoms with Crippen molar-refractivity contribution in [3.63, 3.8) is 0 Å². The van der Waals surface area contributed by atoms with Crippen molar-refractivity contribution in [3.8, 4) is 0 Å². The molecule has 4 heteroatoms. The predicted molar refractivity (Wildman–Crippen MR) is 50.3 cm³/mol. The summed E-state index contributed by atoms with van der Waals surface area (Å²) in [5.74, 6) is -1.19. The van der Waals surface area contributed by atoms with E-state index < -0.39 is 12.0 Å². The van der Waals surface area contributed by atoms with Gasteiger partial charge in [0.1, 0.15) is 11.9 Å². The van der Waals surface area contributed by atoms with Crippen molar-refractivity contribution >= 4 is 5.97 Å². The van der Waals surface area contributed by atoms with Crippen LogP contribution >= 0.6 is 0 Å². The molecule has 0 fully saturated rings. The molecule has 0 saturated carbocycles. The lowest BCUT2D eigenvalue weighted by atomic mass is 10.2. The van der Waals surface area contributed by atoms with Crippen LogP contribution in [0.3, 0.4) is 0 Å². The second kappa shape index (κ2) is 4.72. The summed E-state index contributed by atoms with van der Waals surface area (Å²) in [4.78, 5) is 10.5. The normalized spacial score (nSPS) is 12.4. The van der Waals surface area contributed by atoms with Gasteiger partial charge in [0.05, 0.1) is 0 Å². The third kappa shape index (κ3) is 3.14. The van der Waals surface area contributed by atoms with E-state index in [0.717, 1.165) is 5.56 Å². The quantitative estimate of drug-likeness (QED) is 0.766. The first kappa shape index (κ1) is 10.7. The SMILES string of the molecule is CC(NCc1ccc(F)cc1)C(=O)O. The molecule has 0 saturated heterocycles. The number of rotatable bonds is 4. The van der Waals surface area contributed by atoms with E-state index in [2.05, 4.69) is 5.32 Å². The number of nitrogens with one attached hydrogen (secondary N) is 1. The van der Waals surface area contributed by atoms with Crippen molar-refractivity contribution in [2.24, 2.45) is 0 Å². The van der Waals surface area contributed by atoms with Crippen molar-refractivity contribution in [1.29, 1.82) is 0 Å². The Morgan fingerprint density at radius 2 is 2.07 bits per heavy atom. The number of hydrogen-bond donors (Lipinski definition) is 2. The lowest BCUT2D eigenvalue weighted by Gasteiger charge is -2.08. The van der Waals surface area contributed by atoms with Crippen LogP contribution in [0.15, 0.2) is 24.3 Å². The molecule has 0 aliphatic heterocycles. The summed E-state index contributed by atoms with van der Waals surface area (Å²) in [5, 5.41) is 11.4. The Morgan fingerprint density at radius 3 is 2.57 bits per heavy atom. The molecule has 0 radical (unpaired) electrons. The van der Waals surface area contributed by atoms with Crippen LogP contribution in [-0.2, 0) is 11.3 Å². The van der Waals surface area contributed by atoms with Gasteiger partial charge in [-0.1, -0.05) is 12.1 Å². The monoisotopic (exact) mass is 197 g/mol. The molecule has 0 aliphatic carbocycles. The minimum absolute atomic E-state index is 0.292. The molecule has 1 aromatic carbocycles. The molecule has 0 spiro atoms. The van der Waals surface area contributed by atoms with Gasteiger partial charge in [-0.15, -0.1) is 0 Å². The first-order valence-electron chi connectivity index (χ1n) is 4.30. The topological polar surface area (TPSA) is 49.3 Å². The van der Waals surface area contributed by atoms with Gasteiger partial charge in [0.2, 0.25) is 0 Å². The molecule has 3 nitrogen and oxygen atoms in total. The summed E-state index contributed by atoms with van der Waals surface area (Å²) in [5.41, 5.74) is 0.861. The summed E-state index contributed by atoms with van der Waals surface area (Å²) < 4.78 is 12.5. The zero-order valence-corrected chi connectivity index (χ0v) is 7.83. The van der Waals surface area contributed by atoms with Crippen molar-refractivity contribution in [3.05, 3.63) is 35.6 Å². The number of hydrogen-bond acceptors (Lipinski definition) is 2. The van der Waals surface area contributed by atoms with E-state index in [1.165, 1.54) is 12.1 Å². The lowest BCUT2D eigenvalue weighted by molar-refractivity contribution is -0.139. The molecule has 2 N–H and O–H groups in total. The minimum atomic E-state index is -0.896. The van der Waals surface area contributed by atoms with Crippen LogP contribution in [0, 0.1) is 5.82 Å². The van der Waals surface area contributed by atoms with Crippen LogP contribution in [0.25, 0.3) is 0 Å². The first-order valence-corrected chi connectivity index (χ1v) is 4.30. The van der Waals surface area contributed by atoms with E-state index in [4.69, 9.17) is 5.11 Å². The van der Waals surface area contributed by atoms with Crippen molar-refractivity contribution < 1.29 is 14.3 Å². The highest BCUT2D eigenvalue weighted by molar-refractivity contribution is 5.72. The predicted octanol–water partition coefficient (Wildman–Crippen LogP) is 1.39. The molecule has 1 atom stereocenters. The van der Waals surface area contributed by atoms with E-state index in [1.807, 2.05) is 0 Å². The van der Waals surface area contributed by atoms with Gasteiger partial charge in [0.15, 0.2) is 0 Å². The second-order valence-corrected chi connectivity index (χ2v) is 3.07. The van der Waals surface area contributed by atoms with Gasteiger partial charge in [-0.05, 0) is 24.6 Å². The fourth-order valence-corrected chi connectivity index (χ4v) is 0.961. The maximum Gasteiger partial charge on any atom is 0.320 e. The molecule has 0 aliphatic rings. The number of carboxylic acid groups (broad SMARTS) is 1. The van der Waals surface area contributed by atoms with Crippen LogP contribution in [0.1, 0.15) is 12.5 Å². The maximum atomic E-state index is 12.5. The van der Waals surface area contributed by atoms with Crippen LogP contribution in [0.2, 0.25) is 0 Å². The molecule has 0 amide bonds. The van der Waals surface area contributed by atoms with E-state index in [1.54, 1.807) is 19.1 Å². The highest BCUT2D eigenvalue weighted by Crippen LogP contribution is 2.02. The standard InChI is InChI=1S/C10H12FNO2/c1-7(10(13)14)12-6-8-2-4-9(11)5-3-8/h2-5,7,12H,6H2,1H3,(H,13,14). The molecular formula is C10H12FNO2. The van der Waals surface area contributed by atoms with E-state index in [9.17, 15) is 9.18 Å². The molecule has 0 aromatic heterocycles. The highest BCUT2D eigenvalue weighted by Gasteiger charge is 2.08. The number of carbonyl (C=O) groups is 1. The average Bonchev–Trinajstić information content (AvgIpc) is 2.16. The summed E-state index contributed by atoms with van der Waals surface area (Å²) >= 11 is 0. The molecule has 76 valence electrons. The van der Waals surface area contributed by atoms with E-state index >= 15 is 0 Å². The Hall–Kier alpha value is -1.42. The summed E-state index contributed by atoms with van der Waals surface area (Å²) in [6.45, 7) is 1.99. The van der Waals surface area contributed by atoms with Gasteiger partial charge in [0, 0.05) is 6.54 Å². The molecule has 0 heterocycles.